The first-order valence-corrected chi connectivity index (χ1v) is 3.55. The largest absolute Gasteiger partial charge is 0.350 e. The van der Waals surface area contributed by atoms with E-state index in [1.54, 1.807) is 6.07 Å². The molecule has 11 heavy (non-hydrogen) atoms. The Balaban J connectivity index is 2.37. The van der Waals surface area contributed by atoms with Crippen molar-refractivity contribution < 1.29 is 4.79 Å². The molecule has 0 bridgehead atoms. The van der Waals surface area contributed by atoms with Crippen molar-refractivity contribution >= 4 is 6.03 Å². The number of carbonyl (C=O) groups excluding carboxylic acids is 1. The van der Waals surface area contributed by atoms with E-state index in [4.69, 9.17) is 5.73 Å². The Kier molecular flexibility index (Phi) is 1.21. The maximum Gasteiger partial charge on any atom is 0.339 e. The minimum Gasteiger partial charge on any atom is -0.350 e. The minimum absolute atomic E-state index is 0.487. The molecule has 0 atom stereocenters. The van der Waals surface area contributed by atoms with Crippen LogP contribution in [0.2, 0.25) is 0 Å². The first kappa shape index (κ1) is 6.39. The zero-order valence-electron chi connectivity index (χ0n) is 5.95. The summed E-state index contributed by atoms with van der Waals surface area (Å²) in [6, 6.07) is 1.20. The van der Waals surface area contributed by atoms with Gasteiger partial charge in [-0.2, -0.15) is 9.78 Å². The van der Waals surface area contributed by atoms with Crippen molar-refractivity contribution in [1.29, 1.82) is 0 Å². The highest BCUT2D eigenvalue weighted by atomic mass is 16.2. The van der Waals surface area contributed by atoms with Gasteiger partial charge in [0.15, 0.2) is 0 Å². The van der Waals surface area contributed by atoms with Gasteiger partial charge in [0.05, 0.1) is 5.69 Å². The molecule has 1 radical (unpaired) electrons. The average molecular weight is 150 g/mol. The van der Waals surface area contributed by atoms with Crippen molar-refractivity contribution in [3.8, 4) is 0 Å². The van der Waals surface area contributed by atoms with Gasteiger partial charge in [0.2, 0.25) is 0 Å². The summed E-state index contributed by atoms with van der Waals surface area (Å²) in [5, 5.41) is 3.69. The van der Waals surface area contributed by atoms with E-state index in [0.717, 1.165) is 18.5 Å². The Morgan fingerprint density at radius 2 is 2.55 bits per heavy atom. The third-order valence-electron chi connectivity index (χ3n) is 1.82. The molecule has 57 valence electrons. The molecule has 1 aliphatic rings. The second-order valence-electron chi connectivity index (χ2n) is 2.72. The van der Waals surface area contributed by atoms with Crippen LogP contribution in [0.4, 0.5) is 4.79 Å². The summed E-state index contributed by atoms with van der Waals surface area (Å²) >= 11 is 0. The van der Waals surface area contributed by atoms with Crippen molar-refractivity contribution in [2.24, 2.45) is 5.73 Å². The average Bonchev–Trinajstić information content (AvgIpc) is 2.68. The predicted molar refractivity (Wildman–Crippen MR) is 38.0 cm³/mol. The van der Waals surface area contributed by atoms with Gasteiger partial charge in [0, 0.05) is 5.92 Å². The molecule has 4 nitrogen and oxygen atoms in total. The van der Waals surface area contributed by atoms with Crippen LogP contribution in [0.3, 0.4) is 0 Å². The zero-order chi connectivity index (χ0) is 7.84. The van der Waals surface area contributed by atoms with Gasteiger partial charge in [-0.15, -0.1) is 0 Å². The fourth-order valence-corrected chi connectivity index (χ4v) is 1.12. The molecular weight excluding hydrogens is 142 g/mol. The van der Waals surface area contributed by atoms with Gasteiger partial charge in [-0.05, 0) is 18.9 Å². The van der Waals surface area contributed by atoms with Crippen LogP contribution in [0.25, 0.3) is 0 Å². The van der Waals surface area contributed by atoms with Gasteiger partial charge in [-0.3, -0.25) is 0 Å². The lowest BCUT2D eigenvalue weighted by Gasteiger charge is -1.98. The number of amides is 1. The summed E-state index contributed by atoms with van der Waals surface area (Å²) in [5.74, 6) is 0.487. The molecule has 1 saturated carbocycles. The second kappa shape index (κ2) is 2.08. The van der Waals surface area contributed by atoms with E-state index in [1.165, 1.54) is 4.68 Å². The van der Waals surface area contributed by atoms with Crippen molar-refractivity contribution in [3.05, 3.63) is 18.0 Å². The van der Waals surface area contributed by atoms with Gasteiger partial charge in [-0.1, -0.05) is 0 Å². The van der Waals surface area contributed by atoms with E-state index in [2.05, 4.69) is 11.3 Å². The van der Waals surface area contributed by atoms with Crippen molar-refractivity contribution in [1.82, 2.24) is 9.78 Å². The second-order valence-corrected chi connectivity index (χ2v) is 2.72. The lowest BCUT2D eigenvalue weighted by atomic mass is 10.3. The molecule has 4 heteroatoms. The summed E-state index contributed by atoms with van der Waals surface area (Å²) in [5.41, 5.74) is 5.97. The topological polar surface area (TPSA) is 60.9 Å². The molecule has 0 saturated heterocycles. The number of primary amides is 1. The zero-order valence-corrected chi connectivity index (χ0v) is 5.95. The van der Waals surface area contributed by atoms with Crippen LogP contribution < -0.4 is 5.73 Å². The molecule has 2 rings (SSSR count). The van der Waals surface area contributed by atoms with E-state index in [1.807, 2.05) is 0 Å². The van der Waals surface area contributed by atoms with E-state index in [0.29, 0.717) is 5.92 Å². The Labute approximate surface area is 64.0 Å². The van der Waals surface area contributed by atoms with Crippen LogP contribution in [0.15, 0.2) is 6.07 Å². The Bertz CT molecular complexity index is 288. The number of rotatable bonds is 1. The van der Waals surface area contributed by atoms with Gasteiger partial charge >= 0.3 is 6.03 Å². The molecular formula is C7H8N3O. The minimum atomic E-state index is -0.520. The van der Waals surface area contributed by atoms with Crippen molar-refractivity contribution in [2.45, 2.75) is 18.8 Å². The van der Waals surface area contributed by atoms with E-state index in [-0.39, 0.29) is 0 Å². The Morgan fingerprint density at radius 3 is 3.09 bits per heavy atom. The summed E-state index contributed by atoms with van der Waals surface area (Å²) in [6.45, 7) is 0. The molecule has 1 aromatic rings. The highest BCUT2D eigenvalue weighted by Gasteiger charge is 2.28. The summed E-state index contributed by atoms with van der Waals surface area (Å²) in [7, 11) is 0. The fraction of sp³-hybridized carbons (Fsp3) is 0.429. The smallest absolute Gasteiger partial charge is 0.339 e. The lowest BCUT2D eigenvalue weighted by Crippen LogP contribution is -2.22. The van der Waals surface area contributed by atoms with Gasteiger partial charge in [-0.25, -0.2) is 4.79 Å². The summed E-state index contributed by atoms with van der Waals surface area (Å²) in [4.78, 5) is 10.7. The highest BCUT2D eigenvalue weighted by molar-refractivity contribution is 5.74. The maximum absolute atomic E-state index is 10.7. The summed E-state index contributed by atoms with van der Waals surface area (Å²) < 4.78 is 1.22. The van der Waals surface area contributed by atoms with E-state index in [9.17, 15) is 4.79 Å². The molecule has 1 amide bonds. The third-order valence-corrected chi connectivity index (χ3v) is 1.82. The van der Waals surface area contributed by atoms with Crippen LogP contribution in [0.5, 0.6) is 0 Å². The van der Waals surface area contributed by atoms with Crippen LogP contribution in [-0.2, 0) is 0 Å². The molecule has 1 aromatic heterocycles. The monoisotopic (exact) mass is 150 g/mol. The normalized spacial score (nSPS) is 16.7. The first-order valence-electron chi connectivity index (χ1n) is 3.55. The molecule has 0 aromatic carbocycles. The van der Waals surface area contributed by atoms with Gasteiger partial charge < -0.3 is 5.73 Å². The van der Waals surface area contributed by atoms with Crippen LogP contribution in [0.1, 0.15) is 24.5 Å². The number of hydrogen-bond donors (Lipinski definition) is 1. The van der Waals surface area contributed by atoms with Crippen molar-refractivity contribution in [2.75, 3.05) is 0 Å². The number of hydrogen-bond acceptors (Lipinski definition) is 2. The first-order chi connectivity index (χ1) is 5.29. The third kappa shape index (κ3) is 1.00. The lowest BCUT2D eigenvalue weighted by molar-refractivity contribution is 0.247. The van der Waals surface area contributed by atoms with Crippen LogP contribution in [-0.4, -0.2) is 15.8 Å². The molecule has 1 aliphatic carbocycles. The van der Waals surface area contributed by atoms with E-state index >= 15 is 0 Å². The number of nitrogens with two attached hydrogens (primary N) is 1. The molecule has 1 fully saturated rings. The Morgan fingerprint density at radius 1 is 1.82 bits per heavy atom. The van der Waals surface area contributed by atoms with Crippen LogP contribution in [0, 0.1) is 6.20 Å². The molecule has 2 N–H and O–H groups in total. The number of nitrogens with zero attached hydrogens (tertiary/aromatic N) is 2. The Hall–Kier alpha value is -1.32. The predicted octanol–water partition coefficient (Wildman–Crippen LogP) is 0.487. The molecule has 0 unspecified atom stereocenters. The standard InChI is InChI=1S/C7H8N3O/c8-7(11)10-6(3-4-9-10)5-1-2-5/h3,5H,1-2H2,(H2,8,11). The SMILES string of the molecule is NC(=O)n1n[c]cc1C1CC1. The molecule has 0 aliphatic heterocycles. The van der Waals surface area contributed by atoms with E-state index < -0.39 is 6.03 Å². The quantitative estimate of drug-likeness (QED) is 0.633. The van der Waals surface area contributed by atoms with Gasteiger partial charge in [0.1, 0.15) is 6.20 Å². The van der Waals surface area contributed by atoms with Crippen molar-refractivity contribution in [3.63, 3.8) is 0 Å². The fourth-order valence-electron chi connectivity index (χ4n) is 1.12. The maximum atomic E-state index is 10.7. The van der Waals surface area contributed by atoms with Crippen LogP contribution >= 0.6 is 0 Å². The molecule has 1 heterocycles. The number of aromatic nitrogens is 2. The van der Waals surface area contributed by atoms with Gasteiger partial charge in [0.25, 0.3) is 0 Å². The highest BCUT2D eigenvalue weighted by Crippen LogP contribution is 2.39. The summed E-state index contributed by atoms with van der Waals surface area (Å²) in [6.07, 6.45) is 4.88. The molecule has 0 spiro atoms. The number of carbonyl (C=O) groups is 1.